The molecule has 168 valence electrons. The maximum absolute atomic E-state index is 13.3. The van der Waals surface area contributed by atoms with Gasteiger partial charge in [-0.3, -0.25) is 0 Å². The second-order valence-electron chi connectivity index (χ2n) is 8.03. The molecule has 8 heteroatoms. The van der Waals surface area contributed by atoms with Gasteiger partial charge in [-0.2, -0.15) is 0 Å². The van der Waals surface area contributed by atoms with Gasteiger partial charge in [-0.05, 0) is 0 Å². The standard InChI is InChI=1S/C27H13ClN2O2SSe2/c28-15-3-5-20-23(11-15)35-22-2-1-8-29-27(22)30(20)24-6-4-16(34-24)12-19-25(31)17-10-14-7-9-33-21(14)13-18(17)26(19)32/h1-13H/b19-12+/i12D. The summed E-state index contributed by atoms with van der Waals surface area (Å²) in [6.07, 6.45) is 1.79. The van der Waals surface area contributed by atoms with Gasteiger partial charge in [0, 0.05) is 0 Å². The summed E-state index contributed by atoms with van der Waals surface area (Å²) >= 11 is 7.62. The molecule has 35 heavy (non-hydrogen) atoms. The van der Waals surface area contributed by atoms with E-state index in [1.54, 1.807) is 18.3 Å². The van der Waals surface area contributed by atoms with Gasteiger partial charge in [0.1, 0.15) is 0 Å². The van der Waals surface area contributed by atoms with E-state index in [1.807, 2.05) is 47.8 Å². The average molecular weight is 624 g/mol. The molecule has 1 aliphatic carbocycles. The normalized spacial score (nSPS) is 16.3. The Balaban J connectivity index is 1.33. The van der Waals surface area contributed by atoms with Crippen molar-refractivity contribution in [1.82, 2.24) is 4.98 Å². The summed E-state index contributed by atoms with van der Waals surface area (Å²) in [5, 5.41) is 3.59. The number of carbonyl (C=O) groups excluding carboxylic acids is 2. The maximum atomic E-state index is 13.3. The van der Waals surface area contributed by atoms with E-state index in [1.165, 1.54) is 15.8 Å². The molecule has 0 unspecified atom stereocenters. The first-order valence-corrected chi connectivity index (χ1v) is 15.3. The van der Waals surface area contributed by atoms with Gasteiger partial charge in [-0.15, -0.1) is 0 Å². The van der Waals surface area contributed by atoms with E-state index < -0.39 is 0 Å². The summed E-state index contributed by atoms with van der Waals surface area (Å²) < 4.78 is 13.9. The number of aromatic nitrogens is 1. The van der Waals surface area contributed by atoms with Crippen LogP contribution in [0, 0.1) is 0 Å². The molecule has 0 atom stereocenters. The molecule has 0 saturated carbocycles. The van der Waals surface area contributed by atoms with E-state index in [-0.39, 0.29) is 52.7 Å². The van der Waals surface area contributed by atoms with E-state index in [4.69, 9.17) is 13.0 Å². The summed E-state index contributed by atoms with van der Waals surface area (Å²) in [5.41, 5.74) is 1.80. The molecule has 0 N–H and O–H groups in total. The van der Waals surface area contributed by atoms with Crippen molar-refractivity contribution in [3.63, 3.8) is 0 Å². The Morgan fingerprint density at radius 3 is 2.74 bits per heavy atom. The van der Waals surface area contributed by atoms with Crippen molar-refractivity contribution >= 4 is 105 Å². The molecule has 2 aromatic carbocycles. The fourth-order valence-corrected chi connectivity index (χ4v) is 9.66. The molecule has 4 nitrogen and oxygen atoms in total. The quantitative estimate of drug-likeness (QED) is 0.156. The fraction of sp³-hybridized carbons (Fsp3) is 0. The van der Waals surface area contributed by atoms with Crippen molar-refractivity contribution in [2.24, 2.45) is 0 Å². The molecule has 7 rings (SSSR count). The number of fused-ring (bicyclic) bond motifs is 4. The third-order valence-corrected chi connectivity index (χ3v) is 11.4. The summed E-state index contributed by atoms with van der Waals surface area (Å²) in [7, 11) is 0. The Kier molecular flexibility index (Phi) is 4.75. The Bertz CT molecular complexity index is 1760. The first-order valence-electron chi connectivity index (χ1n) is 11.1. The number of hydrogen-bond donors (Lipinski definition) is 0. The van der Waals surface area contributed by atoms with Crippen LogP contribution in [-0.2, 0) is 0 Å². The van der Waals surface area contributed by atoms with Crippen molar-refractivity contribution in [3.8, 4) is 0 Å². The summed E-state index contributed by atoms with van der Waals surface area (Å²) in [4.78, 5) is 33.3. The number of carbonyl (C=O) groups is 2. The number of ketones is 2. The first-order chi connectivity index (χ1) is 17.5. The third kappa shape index (κ3) is 3.43. The van der Waals surface area contributed by atoms with Crippen LogP contribution in [0.15, 0.2) is 77.8 Å². The zero-order valence-corrected chi connectivity index (χ0v) is 22.7. The Labute approximate surface area is 223 Å². The van der Waals surface area contributed by atoms with Gasteiger partial charge in [-0.1, -0.05) is 0 Å². The van der Waals surface area contributed by atoms with Crippen LogP contribution in [0.2, 0.25) is 5.02 Å². The molecule has 0 radical (unpaired) electrons. The number of allylic oxidation sites excluding steroid dienone is 1. The number of benzene rings is 2. The van der Waals surface area contributed by atoms with Crippen molar-refractivity contribution in [3.05, 3.63) is 98.4 Å². The average Bonchev–Trinajstić information content (AvgIpc) is 3.60. The number of rotatable bonds is 2. The molecular formula is C27H13ClN2O2SSe2. The van der Waals surface area contributed by atoms with Gasteiger partial charge in [0.25, 0.3) is 0 Å². The van der Waals surface area contributed by atoms with Gasteiger partial charge < -0.3 is 0 Å². The van der Waals surface area contributed by atoms with Gasteiger partial charge in [0.05, 0.1) is 0 Å². The SMILES string of the molecule is [2H]/C(=C1/C(=O)c2cc3ccsc3cc2C1=O)c1ccc(N2c3ccc(Cl)cc3[Se]c3cccnc32)[se]1. The molecule has 0 spiro atoms. The second-order valence-corrected chi connectivity index (χ2v) is 13.9. The van der Waals surface area contributed by atoms with Gasteiger partial charge >= 0.3 is 224 Å². The number of nitrogens with zero attached hydrogens (tertiary/aromatic N) is 2. The molecule has 0 bridgehead atoms. The molecular weight excluding hydrogens is 610 g/mol. The third-order valence-electron chi connectivity index (χ3n) is 5.94. The van der Waals surface area contributed by atoms with E-state index in [9.17, 15) is 9.59 Å². The molecule has 5 aromatic rings. The summed E-state index contributed by atoms with van der Waals surface area (Å²) in [6.45, 7) is 0. The first kappa shape index (κ1) is 20.4. The van der Waals surface area contributed by atoms with Crippen LogP contribution >= 0.6 is 22.9 Å². The Hall–Kier alpha value is -2.76. The van der Waals surface area contributed by atoms with Crippen LogP contribution in [0.4, 0.5) is 16.1 Å². The number of hydrogen-bond acceptors (Lipinski definition) is 5. The van der Waals surface area contributed by atoms with Crippen LogP contribution in [-0.4, -0.2) is 46.0 Å². The van der Waals surface area contributed by atoms with Gasteiger partial charge in [-0.25, -0.2) is 0 Å². The monoisotopic (exact) mass is 625 g/mol. The molecule has 4 heterocycles. The Morgan fingerprint density at radius 2 is 1.86 bits per heavy atom. The molecule has 1 aliphatic heterocycles. The zero-order chi connectivity index (χ0) is 24.6. The van der Waals surface area contributed by atoms with Crippen molar-refractivity contribution in [2.45, 2.75) is 0 Å². The number of Topliss-reactive ketones (excluding diaryl/α,β-unsaturated/α-hetero) is 2. The van der Waals surface area contributed by atoms with E-state index >= 15 is 0 Å². The van der Waals surface area contributed by atoms with Crippen molar-refractivity contribution in [1.29, 1.82) is 0 Å². The predicted molar refractivity (Wildman–Crippen MR) is 144 cm³/mol. The number of pyridine rings is 1. The van der Waals surface area contributed by atoms with Gasteiger partial charge in [0.2, 0.25) is 0 Å². The minimum absolute atomic E-state index is 0.0228. The van der Waals surface area contributed by atoms with Crippen molar-refractivity contribution < 1.29 is 11.0 Å². The molecule has 0 saturated heterocycles. The molecule has 2 aliphatic rings. The van der Waals surface area contributed by atoms with E-state index in [2.05, 4.69) is 16.0 Å². The summed E-state index contributed by atoms with van der Waals surface area (Å²) in [6, 6.07) is 19.3. The predicted octanol–water partition coefficient (Wildman–Crippen LogP) is 4.91. The topological polar surface area (TPSA) is 50.3 Å². The van der Waals surface area contributed by atoms with Crippen molar-refractivity contribution in [2.75, 3.05) is 4.90 Å². The van der Waals surface area contributed by atoms with E-state index in [0.717, 1.165) is 30.6 Å². The summed E-state index contributed by atoms with van der Waals surface area (Å²) in [5.74, 6) is 0.175. The minimum atomic E-state index is -0.356. The fourth-order valence-electron chi connectivity index (χ4n) is 4.35. The van der Waals surface area contributed by atoms with Gasteiger partial charge in [0.15, 0.2) is 0 Å². The van der Waals surface area contributed by atoms with E-state index in [0.29, 0.717) is 20.6 Å². The zero-order valence-electron chi connectivity index (χ0n) is 18.7. The second kappa shape index (κ2) is 8.14. The Morgan fingerprint density at radius 1 is 1.00 bits per heavy atom. The molecule has 0 fully saturated rings. The number of anilines is 3. The van der Waals surface area contributed by atoms with Crippen LogP contribution in [0.25, 0.3) is 16.1 Å². The molecule has 3 aromatic heterocycles. The van der Waals surface area contributed by atoms with Crippen LogP contribution in [0.1, 0.15) is 26.5 Å². The van der Waals surface area contributed by atoms with Crippen LogP contribution < -0.4 is 13.8 Å². The van der Waals surface area contributed by atoms with Crippen LogP contribution in [0.5, 0.6) is 0 Å². The number of halogens is 1. The number of thiophene rings is 1. The van der Waals surface area contributed by atoms with Crippen LogP contribution in [0.3, 0.4) is 0 Å². The molecule has 0 amide bonds.